The van der Waals surface area contributed by atoms with Gasteiger partial charge in [0.25, 0.3) is 0 Å². The maximum Gasteiger partial charge on any atom is 0.169 e. The van der Waals surface area contributed by atoms with Crippen molar-refractivity contribution in [3.63, 3.8) is 0 Å². The SMILES string of the molecule is Brc1ccc(CCNC2CC3CCC2C3)o1. The molecule has 1 aromatic rings. The smallest absolute Gasteiger partial charge is 0.169 e. The Hall–Kier alpha value is -0.280. The van der Waals surface area contributed by atoms with Gasteiger partial charge in [-0.15, -0.1) is 0 Å². The second-order valence-electron chi connectivity index (χ2n) is 5.19. The highest BCUT2D eigenvalue weighted by Crippen LogP contribution is 2.44. The topological polar surface area (TPSA) is 25.2 Å². The second kappa shape index (κ2) is 4.53. The molecular weight excluding hydrogens is 266 g/mol. The van der Waals surface area contributed by atoms with Crippen LogP contribution in [0.4, 0.5) is 0 Å². The van der Waals surface area contributed by atoms with Crippen LogP contribution in [-0.4, -0.2) is 12.6 Å². The minimum Gasteiger partial charge on any atom is -0.454 e. The third-order valence-corrected chi connectivity index (χ3v) is 4.57. The molecule has 3 unspecified atom stereocenters. The van der Waals surface area contributed by atoms with Gasteiger partial charge in [0.1, 0.15) is 5.76 Å². The Morgan fingerprint density at radius 1 is 1.31 bits per heavy atom. The van der Waals surface area contributed by atoms with E-state index in [0.29, 0.717) is 0 Å². The summed E-state index contributed by atoms with van der Waals surface area (Å²) in [4.78, 5) is 0. The van der Waals surface area contributed by atoms with Crippen LogP contribution >= 0.6 is 15.9 Å². The van der Waals surface area contributed by atoms with E-state index < -0.39 is 0 Å². The molecule has 2 nitrogen and oxygen atoms in total. The summed E-state index contributed by atoms with van der Waals surface area (Å²) in [7, 11) is 0. The molecule has 2 fully saturated rings. The van der Waals surface area contributed by atoms with Crippen molar-refractivity contribution in [1.29, 1.82) is 0 Å². The highest BCUT2D eigenvalue weighted by Gasteiger charge is 2.38. The Morgan fingerprint density at radius 2 is 2.25 bits per heavy atom. The molecule has 1 aromatic heterocycles. The van der Waals surface area contributed by atoms with Gasteiger partial charge in [-0.05, 0) is 59.2 Å². The summed E-state index contributed by atoms with van der Waals surface area (Å²) in [5.41, 5.74) is 0. The van der Waals surface area contributed by atoms with Crippen LogP contribution in [0.15, 0.2) is 21.2 Å². The average Bonchev–Trinajstić information content (AvgIpc) is 2.94. The Bertz CT molecular complexity index is 363. The summed E-state index contributed by atoms with van der Waals surface area (Å²) in [5.74, 6) is 3.07. The van der Waals surface area contributed by atoms with E-state index in [-0.39, 0.29) is 0 Å². The molecule has 16 heavy (non-hydrogen) atoms. The highest BCUT2D eigenvalue weighted by molar-refractivity contribution is 9.10. The van der Waals surface area contributed by atoms with Crippen molar-refractivity contribution in [3.05, 3.63) is 22.6 Å². The van der Waals surface area contributed by atoms with Gasteiger partial charge in [-0.25, -0.2) is 0 Å². The predicted molar refractivity (Wildman–Crippen MR) is 67.4 cm³/mol. The van der Waals surface area contributed by atoms with Crippen LogP contribution in [0.3, 0.4) is 0 Å². The number of halogens is 1. The molecule has 3 atom stereocenters. The Balaban J connectivity index is 1.44. The maximum absolute atomic E-state index is 5.49. The van der Waals surface area contributed by atoms with Gasteiger partial charge >= 0.3 is 0 Å². The summed E-state index contributed by atoms with van der Waals surface area (Å²) in [6.45, 7) is 1.05. The number of fused-ring (bicyclic) bond motifs is 2. The molecule has 3 rings (SSSR count). The largest absolute Gasteiger partial charge is 0.454 e. The van der Waals surface area contributed by atoms with E-state index in [2.05, 4.69) is 21.2 Å². The molecule has 2 saturated carbocycles. The standard InChI is InChI=1S/C13H18BrNO/c14-13-4-3-11(16-13)5-6-15-12-8-9-1-2-10(12)7-9/h3-4,9-10,12,15H,1-2,5-8H2. The quantitative estimate of drug-likeness (QED) is 0.917. The summed E-state index contributed by atoms with van der Waals surface area (Å²) in [6.07, 6.45) is 6.82. The Labute approximate surface area is 105 Å². The van der Waals surface area contributed by atoms with E-state index in [4.69, 9.17) is 4.42 Å². The lowest BCUT2D eigenvalue weighted by molar-refractivity contribution is 0.349. The van der Waals surface area contributed by atoms with Crippen LogP contribution in [0.5, 0.6) is 0 Å². The highest BCUT2D eigenvalue weighted by atomic mass is 79.9. The van der Waals surface area contributed by atoms with Crippen molar-refractivity contribution in [2.75, 3.05) is 6.54 Å². The molecule has 3 heteroatoms. The van der Waals surface area contributed by atoms with Crippen LogP contribution in [0, 0.1) is 11.8 Å². The van der Waals surface area contributed by atoms with E-state index in [1.807, 2.05) is 12.1 Å². The molecule has 2 aliphatic rings. The van der Waals surface area contributed by atoms with Gasteiger partial charge in [0.05, 0.1) is 0 Å². The first-order valence-corrected chi connectivity index (χ1v) is 7.08. The van der Waals surface area contributed by atoms with Crippen molar-refractivity contribution in [2.24, 2.45) is 11.8 Å². The molecule has 1 heterocycles. The maximum atomic E-state index is 5.49. The lowest BCUT2D eigenvalue weighted by Gasteiger charge is -2.22. The lowest BCUT2D eigenvalue weighted by Crippen LogP contribution is -2.35. The average molecular weight is 284 g/mol. The fourth-order valence-electron chi connectivity index (χ4n) is 3.36. The Kier molecular flexibility index (Phi) is 3.07. The third kappa shape index (κ3) is 2.21. The summed E-state index contributed by atoms with van der Waals surface area (Å²) in [6, 6.07) is 4.80. The monoisotopic (exact) mass is 283 g/mol. The van der Waals surface area contributed by atoms with Crippen molar-refractivity contribution >= 4 is 15.9 Å². The molecule has 0 radical (unpaired) electrons. The van der Waals surface area contributed by atoms with Gasteiger partial charge in [-0.3, -0.25) is 0 Å². The van der Waals surface area contributed by atoms with E-state index in [1.165, 1.54) is 25.7 Å². The van der Waals surface area contributed by atoms with Crippen molar-refractivity contribution < 1.29 is 4.42 Å². The fourth-order valence-corrected chi connectivity index (χ4v) is 3.70. The number of hydrogen-bond acceptors (Lipinski definition) is 2. The van der Waals surface area contributed by atoms with E-state index in [1.54, 1.807) is 0 Å². The molecule has 2 aliphatic carbocycles. The molecule has 0 aromatic carbocycles. The fraction of sp³-hybridized carbons (Fsp3) is 0.692. The van der Waals surface area contributed by atoms with Crippen LogP contribution in [0.1, 0.15) is 31.4 Å². The normalized spacial score (nSPS) is 32.4. The first-order valence-electron chi connectivity index (χ1n) is 6.29. The van der Waals surface area contributed by atoms with Gasteiger partial charge in [-0.1, -0.05) is 6.42 Å². The van der Waals surface area contributed by atoms with Crippen molar-refractivity contribution in [1.82, 2.24) is 5.32 Å². The summed E-state index contributed by atoms with van der Waals surface area (Å²) in [5, 5.41) is 3.70. The summed E-state index contributed by atoms with van der Waals surface area (Å²) >= 11 is 3.33. The van der Waals surface area contributed by atoms with Crippen LogP contribution in [0.25, 0.3) is 0 Å². The molecule has 88 valence electrons. The zero-order chi connectivity index (χ0) is 11.0. The van der Waals surface area contributed by atoms with Crippen molar-refractivity contribution in [2.45, 2.75) is 38.1 Å². The zero-order valence-electron chi connectivity index (χ0n) is 9.42. The molecule has 1 N–H and O–H groups in total. The second-order valence-corrected chi connectivity index (χ2v) is 5.97. The minimum atomic E-state index is 0.789. The zero-order valence-corrected chi connectivity index (χ0v) is 11.0. The minimum absolute atomic E-state index is 0.789. The molecule has 0 saturated heterocycles. The molecule has 2 bridgehead atoms. The number of rotatable bonds is 4. The third-order valence-electron chi connectivity index (χ3n) is 4.14. The van der Waals surface area contributed by atoms with Gasteiger partial charge in [0.2, 0.25) is 0 Å². The van der Waals surface area contributed by atoms with Gasteiger partial charge < -0.3 is 9.73 Å². The van der Waals surface area contributed by atoms with Crippen molar-refractivity contribution in [3.8, 4) is 0 Å². The van der Waals surface area contributed by atoms with E-state index >= 15 is 0 Å². The first kappa shape index (κ1) is 10.8. The van der Waals surface area contributed by atoms with Gasteiger partial charge in [-0.2, -0.15) is 0 Å². The Morgan fingerprint density at radius 3 is 2.88 bits per heavy atom. The first-order chi connectivity index (χ1) is 7.81. The van der Waals surface area contributed by atoms with Gasteiger partial charge in [0, 0.05) is 19.0 Å². The van der Waals surface area contributed by atoms with E-state index in [0.717, 1.165) is 41.3 Å². The molecular formula is C13H18BrNO. The van der Waals surface area contributed by atoms with E-state index in [9.17, 15) is 0 Å². The number of furan rings is 1. The van der Waals surface area contributed by atoms with Crippen LogP contribution in [0.2, 0.25) is 0 Å². The summed E-state index contributed by atoms with van der Waals surface area (Å²) < 4.78 is 6.32. The van der Waals surface area contributed by atoms with Crippen LogP contribution in [-0.2, 0) is 6.42 Å². The predicted octanol–water partition coefficient (Wildman–Crippen LogP) is 3.36. The van der Waals surface area contributed by atoms with Gasteiger partial charge in [0.15, 0.2) is 4.67 Å². The molecule has 0 amide bonds. The molecule has 0 spiro atoms. The molecule has 0 aliphatic heterocycles. The van der Waals surface area contributed by atoms with Crippen LogP contribution < -0.4 is 5.32 Å². The lowest BCUT2D eigenvalue weighted by atomic mass is 9.95. The number of nitrogens with one attached hydrogen (secondary N) is 1. The number of hydrogen-bond donors (Lipinski definition) is 1.